The zero-order chi connectivity index (χ0) is 19.2. The van der Waals surface area contributed by atoms with Crippen molar-refractivity contribution in [3.05, 3.63) is 59.7 Å². The van der Waals surface area contributed by atoms with Crippen molar-refractivity contribution < 1.29 is 9.59 Å². The van der Waals surface area contributed by atoms with Crippen molar-refractivity contribution in [1.29, 1.82) is 5.26 Å². The first-order chi connectivity index (χ1) is 12.3. The Balaban J connectivity index is 2.12. The van der Waals surface area contributed by atoms with Gasteiger partial charge in [-0.25, -0.2) is 0 Å². The molecule has 0 aliphatic carbocycles. The fourth-order valence-electron chi connectivity index (χ4n) is 2.23. The lowest BCUT2D eigenvalue weighted by Crippen LogP contribution is -2.45. The third kappa shape index (κ3) is 5.64. The maximum atomic E-state index is 12.5. The minimum Gasteiger partial charge on any atom is -0.350 e. The Kier molecular flexibility index (Phi) is 6.42. The molecule has 0 aliphatic rings. The van der Waals surface area contributed by atoms with E-state index in [2.05, 4.69) is 16.7 Å². The Bertz CT molecular complexity index is 851. The third-order valence-corrected chi connectivity index (χ3v) is 4.43. The van der Waals surface area contributed by atoms with Crippen LogP contribution in [0.5, 0.6) is 0 Å². The molecule has 26 heavy (non-hydrogen) atoms. The summed E-state index contributed by atoms with van der Waals surface area (Å²) in [6.07, 6.45) is 0. The second-order valence-corrected chi connectivity index (χ2v) is 7.77. The smallest absolute Gasteiger partial charge is 0.252 e. The van der Waals surface area contributed by atoms with E-state index in [4.69, 9.17) is 0 Å². The van der Waals surface area contributed by atoms with Crippen LogP contribution >= 0.6 is 11.8 Å². The maximum Gasteiger partial charge on any atom is 0.252 e. The Labute approximate surface area is 157 Å². The van der Waals surface area contributed by atoms with Gasteiger partial charge in [0.25, 0.3) is 5.91 Å². The Morgan fingerprint density at radius 2 is 1.65 bits per heavy atom. The standard InChI is InChI=1S/C20H21N3O2S/c1-20(2,3)23-18(24)13-22-19(25)15-9-5-7-11-17(15)26-16-10-6-4-8-14(16)12-21/h4-11H,13H2,1-3H3,(H,22,25)(H,23,24). The average Bonchev–Trinajstić information content (AvgIpc) is 2.59. The van der Waals surface area contributed by atoms with Crippen molar-refractivity contribution in [3.63, 3.8) is 0 Å². The van der Waals surface area contributed by atoms with Gasteiger partial charge in [-0.2, -0.15) is 5.26 Å². The molecule has 0 saturated carbocycles. The van der Waals surface area contributed by atoms with Gasteiger partial charge in [-0.15, -0.1) is 0 Å². The molecule has 0 heterocycles. The van der Waals surface area contributed by atoms with Gasteiger partial charge in [-0.1, -0.05) is 36.0 Å². The zero-order valence-electron chi connectivity index (χ0n) is 15.0. The quantitative estimate of drug-likeness (QED) is 0.849. The van der Waals surface area contributed by atoms with E-state index in [-0.39, 0.29) is 23.9 Å². The second kappa shape index (κ2) is 8.54. The number of carbonyl (C=O) groups excluding carboxylic acids is 2. The molecule has 2 aromatic carbocycles. The molecule has 2 N–H and O–H groups in total. The normalized spacial score (nSPS) is 10.7. The molecule has 2 amide bonds. The molecule has 0 atom stereocenters. The summed E-state index contributed by atoms with van der Waals surface area (Å²) in [4.78, 5) is 25.9. The van der Waals surface area contributed by atoms with Gasteiger partial charge in [-0.05, 0) is 45.0 Å². The van der Waals surface area contributed by atoms with Crippen LogP contribution in [0.15, 0.2) is 58.3 Å². The highest BCUT2D eigenvalue weighted by molar-refractivity contribution is 7.99. The fourth-order valence-corrected chi connectivity index (χ4v) is 3.25. The molecule has 0 spiro atoms. The summed E-state index contributed by atoms with van der Waals surface area (Å²) in [5, 5.41) is 14.7. The van der Waals surface area contributed by atoms with Crippen molar-refractivity contribution in [1.82, 2.24) is 10.6 Å². The lowest BCUT2D eigenvalue weighted by Gasteiger charge is -2.20. The molecule has 0 aromatic heterocycles. The number of nitriles is 1. The first-order valence-corrected chi connectivity index (χ1v) is 8.97. The highest BCUT2D eigenvalue weighted by Crippen LogP contribution is 2.32. The number of hydrogen-bond acceptors (Lipinski definition) is 4. The molecular weight excluding hydrogens is 346 g/mol. The summed E-state index contributed by atoms with van der Waals surface area (Å²) in [6, 6.07) is 16.5. The number of nitrogens with zero attached hydrogens (tertiary/aromatic N) is 1. The Morgan fingerprint density at radius 1 is 1.04 bits per heavy atom. The second-order valence-electron chi connectivity index (χ2n) is 6.69. The number of hydrogen-bond donors (Lipinski definition) is 2. The molecule has 0 saturated heterocycles. The van der Waals surface area contributed by atoms with Crippen LogP contribution in [0.3, 0.4) is 0 Å². The number of amides is 2. The van der Waals surface area contributed by atoms with Crippen LogP contribution in [0.25, 0.3) is 0 Å². The van der Waals surface area contributed by atoms with Gasteiger partial charge in [0.2, 0.25) is 5.91 Å². The van der Waals surface area contributed by atoms with Gasteiger partial charge in [0.1, 0.15) is 6.07 Å². The minimum atomic E-state index is -0.351. The molecular formula is C20H21N3O2S. The summed E-state index contributed by atoms with van der Waals surface area (Å²) in [7, 11) is 0. The van der Waals surface area contributed by atoms with Gasteiger partial charge in [0, 0.05) is 15.3 Å². The van der Waals surface area contributed by atoms with E-state index in [1.165, 1.54) is 11.8 Å². The summed E-state index contributed by atoms with van der Waals surface area (Å²) >= 11 is 1.35. The molecule has 0 bridgehead atoms. The molecule has 5 nitrogen and oxygen atoms in total. The predicted molar refractivity (Wildman–Crippen MR) is 102 cm³/mol. The molecule has 0 radical (unpaired) electrons. The summed E-state index contributed by atoms with van der Waals surface area (Å²) in [5.74, 6) is -0.572. The van der Waals surface area contributed by atoms with Crippen LogP contribution in [0.4, 0.5) is 0 Å². The molecule has 6 heteroatoms. The van der Waals surface area contributed by atoms with Crippen LogP contribution in [-0.2, 0) is 4.79 Å². The Hall–Kier alpha value is -2.78. The van der Waals surface area contributed by atoms with E-state index in [9.17, 15) is 14.9 Å². The summed E-state index contributed by atoms with van der Waals surface area (Å²) in [5.41, 5.74) is 0.669. The van der Waals surface area contributed by atoms with E-state index in [0.29, 0.717) is 11.1 Å². The Morgan fingerprint density at radius 3 is 2.31 bits per heavy atom. The van der Waals surface area contributed by atoms with Crippen LogP contribution in [0, 0.1) is 11.3 Å². The van der Waals surface area contributed by atoms with E-state index in [0.717, 1.165) is 9.79 Å². The third-order valence-electron chi connectivity index (χ3n) is 3.28. The monoisotopic (exact) mass is 367 g/mol. The number of benzene rings is 2. The highest BCUT2D eigenvalue weighted by atomic mass is 32.2. The number of carbonyl (C=O) groups is 2. The number of nitrogens with one attached hydrogen (secondary N) is 2. The lowest BCUT2D eigenvalue weighted by molar-refractivity contribution is -0.121. The van der Waals surface area contributed by atoms with Crippen molar-refractivity contribution in [2.45, 2.75) is 36.1 Å². The predicted octanol–water partition coefficient (Wildman–Crippen LogP) is 3.35. The SMILES string of the molecule is CC(C)(C)NC(=O)CNC(=O)c1ccccc1Sc1ccccc1C#N. The van der Waals surface area contributed by atoms with Gasteiger partial charge >= 0.3 is 0 Å². The van der Waals surface area contributed by atoms with Gasteiger partial charge < -0.3 is 10.6 Å². The van der Waals surface area contributed by atoms with Crippen molar-refractivity contribution >= 4 is 23.6 Å². The van der Waals surface area contributed by atoms with Crippen LogP contribution in [0.1, 0.15) is 36.7 Å². The van der Waals surface area contributed by atoms with E-state index < -0.39 is 0 Å². The largest absolute Gasteiger partial charge is 0.350 e. The molecule has 0 unspecified atom stereocenters. The topological polar surface area (TPSA) is 82.0 Å². The fraction of sp³-hybridized carbons (Fsp3) is 0.250. The van der Waals surface area contributed by atoms with E-state index >= 15 is 0 Å². The van der Waals surface area contributed by atoms with Crippen molar-refractivity contribution in [2.24, 2.45) is 0 Å². The average molecular weight is 367 g/mol. The minimum absolute atomic E-state index is 0.0934. The molecule has 2 rings (SSSR count). The van der Waals surface area contributed by atoms with Gasteiger partial charge in [0.15, 0.2) is 0 Å². The van der Waals surface area contributed by atoms with Gasteiger partial charge in [0.05, 0.1) is 17.7 Å². The maximum absolute atomic E-state index is 12.5. The molecule has 134 valence electrons. The van der Waals surface area contributed by atoms with E-state index in [1.54, 1.807) is 24.3 Å². The van der Waals surface area contributed by atoms with Crippen LogP contribution < -0.4 is 10.6 Å². The summed E-state index contributed by atoms with van der Waals surface area (Å²) in [6.45, 7) is 5.55. The summed E-state index contributed by atoms with van der Waals surface area (Å²) < 4.78 is 0. The molecule has 0 aliphatic heterocycles. The van der Waals surface area contributed by atoms with Crippen LogP contribution in [-0.4, -0.2) is 23.9 Å². The highest BCUT2D eigenvalue weighted by Gasteiger charge is 2.17. The van der Waals surface area contributed by atoms with Crippen molar-refractivity contribution in [2.75, 3.05) is 6.54 Å². The van der Waals surface area contributed by atoms with Crippen LogP contribution in [0.2, 0.25) is 0 Å². The van der Waals surface area contributed by atoms with Gasteiger partial charge in [-0.3, -0.25) is 9.59 Å². The first kappa shape index (κ1) is 19.5. The van der Waals surface area contributed by atoms with Crippen molar-refractivity contribution in [3.8, 4) is 6.07 Å². The molecule has 0 fully saturated rings. The zero-order valence-corrected chi connectivity index (χ0v) is 15.8. The lowest BCUT2D eigenvalue weighted by atomic mass is 10.1. The number of rotatable bonds is 5. The molecule has 2 aromatic rings. The van der Waals surface area contributed by atoms with E-state index in [1.807, 2.05) is 45.0 Å². The first-order valence-electron chi connectivity index (χ1n) is 8.15.